The minimum absolute atomic E-state index is 0.245. The van der Waals surface area contributed by atoms with E-state index in [1.165, 1.54) is 11.3 Å². The smallest absolute Gasteiger partial charge is 0.299 e. The zero-order valence-electron chi connectivity index (χ0n) is 8.75. The van der Waals surface area contributed by atoms with Gasteiger partial charge < -0.3 is 19.9 Å². The Kier molecular flexibility index (Phi) is 2.54. The Labute approximate surface area is 101 Å². The van der Waals surface area contributed by atoms with Crippen molar-refractivity contribution in [3.05, 3.63) is 23.2 Å². The van der Waals surface area contributed by atoms with Gasteiger partial charge in [0.25, 0.3) is 5.19 Å². The summed E-state index contributed by atoms with van der Waals surface area (Å²) in [4.78, 5) is 0. The molecular formula is C10H9N3O3S. The van der Waals surface area contributed by atoms with Gasteiger partial charge in [0.2, 0.25) is 6.79 Å². The van der Waals surface area contributed by atoms with E-state index in [9.17, 15) is 0 Å². The zero-order chi connectivity index (χ0) is 11.7. The normalized spacial score (nSPS) is 12.8. The standard InChI is InChI=1S/C10H9N3O3S/c11-4-9-12-13-10(17-9)16-6-1-2-7-8(3-6)15-5-14-7/h1-3H,4-5,11H2. The second kappa shape index (κ2) is 4.19. The van der Waals surface area contributed by atoms with E-state index in [0.717, 1.165) is 10.8 Å². The Hall–Kier alpha value is -1.86. The lowest BCUT2D eigenvalue weighted by atomic mass is 10.3. The van der Waals surface area contributed by atoms with Crippen molar-refractivity contribution in [1.29, 1.82) is 0 Å². The van der Waals surface area contributed by atoms with E-state index in [4.69, 9.17) is 19.9 Å². The van der Waals surface area contributed by atoms with Crippen molar-refractivity contribution in [2.45, 2.75) is 6.54 Å². The summed E-state index contributed by atoms with van der Waals surface area (Å²) in [6, 6.07) is 5.34. The van der Waals surface area contributed by atoms with Crippen LogP contribution in [-0.4, -0.2) is 17.0 Å². The van der Waals surface area contributed by atoms with E-state index in [-0.39, 0.29) is 6.79 Å². The van der Waals surface area contributed by atoms with Crippen LogP contribution in [0.3, 0.4) is 0 Å². The molecule has 2 N–H and O–H groups in total. The molecule has 1 aromatic heterocycles. The zero-order valence-corrected chi connectivity index (χ0v) is 9.57. The molecule has 7 heteroatoms. The molecule has 0 aliphatic carbocycles. The first-order chi connectivity index (χ1) is 8.35. The predicted octanol–water partition coefficient (Wildman–Crippen LogP) is 1.52. The van der Waals surface area contributed by atoms with Crippen molar-refractivity contribution >= 4 is 11.3 Å². The largest absolute Gasteiger partial charge is 0.454 e. The third-order valence-corrected chi connectivity index (χ3v) is 3.00. The Morgan fingerprint density at radius 2 is 2.18 bits per heavy atom. The predicted molar refractivity (Wildman–Crippen MR) is 60.4 cm³/mol. The number of fused-ring (bicyclic) bond motifs is 1. The molecule has 0 saturated carbocycles. The molecule has 1 aliphatic heterocycles. The lowest BCUT2D eigenvalue weighted by Gasteiger charge is -2.01. The third kappa shape index (κ3) is 2.02. The van der Waals surface area contributed by atoms with E-state index in [1.807, 2.05) is 0 Å². The second-order valence-corrected chi connectivity index (χ2v) is 4.31. The van der Waals surface area contributed by atoms with Gasteiger partial charge in [-0.05, 0) is 12.1 Å². The fourth-order valence-corrected chi connectivity index (χ4v) is 1.99. The number of benzene rings is 1. The maximum atomic E-state index is 5.54. The van der Waals surface area contributed by atoms with Gasteiger partial charge in [0.05, 0.1) is 0 Å². The summed E-state index contributed by atoms with van der Waals surface area (Å²) in [5.41, 5.74) is 5.45. The molecule has 88 valence electrons. The summed E-state index contributed by atoms with van der Waals surface area (Å²) < 4.78 is 16.0. The summed E-state index contributed by atoms with van der Waals surface area (Å²) in [7, 11) is 0. The molecule has 0 fully saturated rings. The lowest BCUT2D eigenvalue weighted by Crippen LogP contribution is -1.94. The van der Waals surface area contributed by atoms with E-state index >= 15 is 0 Å². The average molecular weight is 251 g/mol. The van der Waals surface area contributed by atoms with Crippen molar-refractivity contribution in [3.63, 3.8) is 0 Å². The molecule has 0 saturated heterocycles. The molecule has 0 radical (unpaired) electrons. The Balaban J connectivity index is 1.80. The van der Waals surface area contributed by atoms with Crippen LogP contribution in [0.4, 0.5) is 0 Å². The van der Waals surface area contributed by atoms with Crippen LogP contribution in [0.15, 0.2) is 18.2 Å². The van der Waals surface area contributed by atoms with Gasteiger partial charge in [0.15, 0.2) is 11.5 Å². The first-order valence-electron chi connectivity index (χ1n) is 4.95. The minimum atomic E-state index is 0.245. The van der Waals surface area contributed by atoms with Crippen LogP contribution in [0, 0.1) is 0 Å². The van der Waals surface area contributed by atoms with Crippen molar-refractivity contribution in [3.8, 4) is 22.4 Å². The molecule has 0 unspecified atom stereocenters. The molecule has 3 rings (SSSR count). The van der Waals surface area contributed by atoms with Gasteiger partial charge in [0.1, 0.15) is 10.8 Å². The van der Waals surface area contributed by atoms with Gasteiger partial charge in [-0.1, -0.05) is 16.4 Å². The van der Waals surface area contributed by atoms with Gasteiger partial charge >= 0.3 is 0 Å². The van der Waals surface area contributed by atoms with Crippen molar-refractivity contribution in [2.24, 2.45) is 5.73 Å². The molecule has 2 heterocycles. The molecule has 0 atom stereocenters. The van der Waals surface area contributed by atoms with Gasteiger partial charge in [-0.15, -0.1) is 5.10 Å². The highest BCUT2D eigenvalue weighted by atomic mass is 32.1. The Morgan fingerprint density at radius 3 is 3.00 bits per heavy atom. The highest BCUT2D eigenvalue weighted by Crippen LogP contribution is 2.36. The molecule has 17 heavy (non-hydrogen) atoms. The van der Waals surface area contributed by atoms with Crippen LogP contribution >= 0.6 is 11.3 Å². The van der Waals surface area contributed by atoms with Crippen LogP contribution in [-0.2, 0) is 6.54 Å². The highest BCUT2D eigenvalue weighted by molar-refractivity contribution is 7.13. The summed E-state index contributed by atoms with van der Waals surface area (Å²) in [6.45, 7) is 0.608. The van der Waals surface area contributed by atoms with Gasteiger partial charge in [-0.25, -0.2) is 0 Å². The maximum Gasteiger partial charge on any atom is 0.299 e. The van der Waals surface area contributed by atoms with E-state index in [1.54, 1.807) is 18.2 Å². The number of hydrogen-bond acceptors (Lipinski definition) is 7. The van der Waals surface area contributed by atoms with Crippen LogP contribution in [0.5, 0.6) is 22.4 Å². The molecule has 1 aromatic carbocycles. The van der Waals surface area contributed by atoms with E-state index in [2.05, 4.69) is 10.2 Å². The quantitative estimate of drug-likeness (QED) is 0.890. The van der Waals surface area contributed by atoms with Crippen LogP contribution < -0.4 is 19.9 Å². The molecule has 2 aromatic rings. The van der Waals surface area contributed by atoms with Crippen molar-refractivity contribution in [2.75, 3.05) is 6.79 Å². The average Bonchev–Trinajstić information content (AvgIpc) is 2.96. The molecule has 0 amide bonds. The van der Waals surface area contributed by atoms with Crippen molar-refractivity contribution < 1.29 is 14.2 Å². The molecular weight excluding hydrogens is 242 g/mol. The molecule has 1 aliphatic rings. The van der Waals surface area contributed by atoms with Crippen LogP contribution in [0.1, 0.15) is 5.01 Å². The van der Waals surface area contributed by atoms with Gasteiger partial charge in [-0.2, -0.15) is 0 Å². The maximum absolute atomic E-state index is 5.54. The number of ether oxygens (including phenoxy) is 3. The van der Waals surface area contributed by atoms with Crippen LogP contribution in [0.2, 0.25) is 0 Å². The lowest BCUT2D eigenvalue weighted by molar-refractivity contribution is 0.174. The Bertz CT molecular complexity index is 543. The molecule has 6 nitrogen and oxygen atoms in total. The second-order valence-electron chi connectivity index (χ2n) is 3.28. The number of nitrogens with zero attached hydrogens (tertiary/aromatic N) is 2. The van der Waals surface area contributed by atoms with Gasteiger partial charge in [-0.3, -0.25) is 0 Å². The fraction of sp³-hybridized carbons (Fsp3) is 0.200. The first kappa shape index (κ1) is 10.3. The Morgan fingerprint density at radius 1 is 1.29 bits per heavy atom. The fourth-order valence-electron chi connectivity index (χ4n) is 1.40. The number of nitrogens with two attached hydrogens (primary N) is 1. The third-order valence-electron chi connectivity index (χ3n) is 2.17. The van der Waals surface area contributed by atoms with E-state index < -0.39 is 0 Å². The van der Waals surface area contributed by atoms with E-state index in [0.29, 0.717) is 23.2 Å². The number of rotatable bonds is 3. The van der Waals surface area contributed by atoms with Crippen LogP contribution in [0.25, 0.3) is 0 Å². The topological polar surface area (TPSA) is 79.5 Å². The number of hydrogen-bond donors (Lipinski definition) is 1. The first-order valence-corrected chi connectivity index (χ1v) is 5.77. The summed E-state index contributed by atoms with van der Waals surface area (Å²) >= 11 is 1.32. The summed E-state index contributed by atoms with van der Waals surface area (Å²) in [5.74, 6) is 2.03. The summed E-state index contributed by atoms with van der Waals surface area (Å²) in [6.07, 6.45) is 0. The summed E-state index contributed by atoms with van der Waals surface area (Å²) in [5, 5.41) is 8.94. The molecule has 0 bridgehead atoms. The van der Waals surface area contributed by atoms with Crippen molar-refractivity contribution in [1.82, 2.24) is 10.2 Å². The van der Waals surface area contributed by atoms with Gasteiger partial charge in [0, 0.05) is 12.6 Å². The molecule has 0 spiro atoms. The SMILES string of the molecule is NCc1nnc(Oc2ccc3c(c2)OCO3)s1. The monoisotopic (exact) mass is 251 g/mol. The highest BCUT2D eigenvalue weighted by Gasteiger charge is 2.14. The minimum Gasteiger partial charge on any atom is -0.454 e. The number of aromatic nitrogens is 2.